The van der Waals surface area contributed by atoms with Gasteiger partial charge in [0.1, 0.15) is 4.60 Å². The molecule has 0 atom stereocenters. The Morgan fingerprint density at radius 3 is 2.80 bits per heavy atom. The first kappa shape index (κ1) is 10.9. The third-order valence-electron chi connectivity index (χ3n) is 2.43. The molecule has 3 nitrogen and oxygen atoms in total. The Kier molecular flexibility index (Phi) is 3.26. The molecule has 0 aromatic carbocycles. The average Bonchev–Trinajstić information content (AvgIpc) is 2.74. The van der Waals surface area contributed by atoms with E-state index in [-0.39, 0.29) is 5.91 Å². The Bertz CT molecular complexity index is 391. The number of aromatic nitrogens is 1. The molecule has 1 aromatic heterocycles. The van der Waals surface area contributed by atoms with Crippen LogP contribution < -0.4 is 0 Å². The van der Waals surface area contributed by atoms with E-state index in [0.29, 0.717) is 15.2 Å². The van der Waals surface area contributed by atoms with Crippen molar-refractivity contribution in [2.45, 2.75) is 12.8 Å². The van der Waals surface area contributed by atoms with Gasteiger partial charge in [-0.15, -0.1) is 0 Å². The highest BCUT2D eigenvalue weighted by Crippen LogP contribution is 2.21. The SMILES string of the molecule is O=C(c1cc(Cl)cnc1Br)N1CCCC1. The predicted molar refractivity (Wildman–Crippen MR) is 62.1 cm³/mol. The van der Waals surface area contributed by atoms with Crippen LogP contribution >= 0.6 is 27.5 Å². The van der Waals surface area contributed by atoms with Crippen LogP contribution in [-0.4, -0.2) is 28.9 Å². The van der Waals surface area contributed by atoms with Crippen LogP contribution in [0.25, 0.3) is 0 Å². The summed E-state index contributed by atoms with van der Waals surface area (Å²) in [6, 6.07) is 1.65. The van der Waals surface area contributed by atoms with Gasteiger partial charge >= 0.3 is 0 Å². The van der Waals surface area contributed by atoms with Crippen molar-refractivity contribution in [3.05, 3.63) is 27.5 Å². The first-order valence-electron chi connectivity index (χ1n) is 4.79. The first-order chi connectivity index (χ1) is 7.18. The fourth-order valence-corrected chi connectivity index (χ4v) is 2.21. The lowest BCUT2D eigenvalue weighted by Crippen LogP contribution is -2.28. The molecule has 0 saturated carbocycles. The normalized spacial score (nSPS) is 15.7. The summed E-state index contributed by atoms with van der Waals surface area (Å²) in [6.07, 6.45) is 3.68. The van der Waals surface area contributed by atoms with Gasteiger partial charge in [0, 0.05) is 19.3 Å². The Hall–Kier alpha value is -0.610. The summed E-state index contributed by atoms with van der Waals surface area (Å²) in [5.41, 5.74) is 0.546. The molecule has 80 valence electrons. The monoisotopic (exact) mass is 288 g/mol. The van der Waals surface area contributed by atoms with Crippen molar-refractivity contribution in [3.63, 3.8) is 0 Å². The van der Waals surface area contributed by atoms with E-state index in [0.717, 1.165) is 25.9 Å². The molecule has 2 heterocycles. The van der Waals surface area contributed by atoms with Crippen molar-refractivity contribution in [2.75, 3.05) is 13.1 Å². The molecule has 0 radical (unpaired) electrons. The van der Waals surface area contributed by atoms with E-state index >= 15 is 0 Å². The van der Waals surface area contributed by atoms with Crippen LogP contribution in [0.5, 0.6) is 0 Å². The van der Waals surface area contributed by atoms with Crippen molar-refractivity contribution >= 4 is 33.4 Å². The highest BCUT2D eigenvalue weighted by molar-refractivity contribution is 9.10. The van der Waals surface area contributed by atoms with Crippen molar-refractivity contribution < 1.29 is 4.79 Å². The maximum absolute atomic E-state index is 12.0. The van der Waals surface area contributed by atoms with Crippen LogP contribution in [-0.2, 0) is 0 Å². The number of hydrogen-bond donors (Lipinski definition) is 0. The molecule has 1 fully saturated rings. The van der Waals surface area contributed by atoms with Crippen molar-refractivity contribution in [2.24, 2.45) is 0 Å². The van der Waals surface area contributed by atoms with Crippen LogP contribution in [0.4, 0.5) is 0 Å². The molecule has 1 aliphatic rings. The Morgan fingerprint density at radius 1 is 1.47 bits per heavy atom. The molecule has 2 rings (SSSR count). The van der Waals surface area contributed by atoms with E-state index in [4.69, 9.17) is 11.6 Å². The zero-order chi connectivity index (χ0) is 10.8. The number of hydrogen-bond acceptors (Lipinski definition) is 2. The first-order valence-corrected chi connectivity index (χ1v) is 5.96. The number of pyridine rings is 1. The standard InChI is InChI=1S/C10H10BrClN2O/c11-9-8(5-7(12)6-13-9)10(15)14-3-1-2-4-14/h5-6H,1-4H2. The minimum Gasteiger partial charge on any atom is -0.339 e. The number of halogens is 2. The van der Waals surface area contributed by atoms with Crippen LogP contribution in [0.1, 0.15) is 23.2 Å². The van der Waals surface area contributed by atoms with Gasteiger partial charge in [-0.1, -0.05) is 11.6 Å². The molecule has 0 unspecified atom stereocenters. The summed E-state index contributed by atoms with van der Waals surface area (Å²) >= 11 is 9.07. The van der Waals surface area contributed by atoms with Gasteiger partial charge in [0.25, 0.3) is 5.91 Å². The number of amides is 1. The summed E-state index contributed by atoms with van der Waals surface area (Å²) < 4.78 is 0.559. The van der Waals surface area contributed by atoms with E-state index in [2.05, 4.69) is 20.9 Å². The fraction of sp³-hybridized carbons (Fsp3) is 0.400. The smallest absolute Gasteiger partial charge is 0.256 e. The molecular weight excluding hydrogens is 279 g/mol. The highest BCUT2D eigenvalue weighted by atomic mass is 79.9. The third kappa shape index (κ3) is 2.32. The molecule has 1 aromatic rings. The Balaban J connectivity index is 2.27. The molecule has 0 aliphatic carbocycles. The van der Waals surface area contributed by atoms with Crippen molar-refractivity contribution in [1.82, 2.24) is 9.88 Å². The highest BCUT2D eigenvalue weighted by Gasteiger charge is 2.21. The van der Waals surface area contributed by atoms with Gasteiger partial charge in [-0.2, -0.15) is 0 Å². The predicted octanol–water partition coefficient (Wildman–Crippen LogP) is 2.73. The molecule has 0 spiro atoms. The Morgan fingerprint density at radius 2 is 2.13 bits per heavy atom. The molecular formula is C10H10BrClN2O. The van der Waals surface area contributed by atoms with Crippen LogP contribution in [0.15, 0.2) is 16.9 Å². The van der Waals surface area contributed by atoms with Gasteiger partial charge in [0.05, 0.1) is 10.6 Å². The lowest BCUT2D eigenvalue weighted by atomic mass is 10.2. The number of nitrogens with zero attached hydrogens (tertiary/aromatic N) is 2. The van der Waals surface area contributed by atoms with Crippen LogP contribution in [0.3, 0.4) is 0 Å². The summed E-state index contributed by atoms with van der Waals surface area (Å²) in [6.45, 7) is 1.66. The average molecular weight is 290 g/mol. The fourth-order valence-electron chi connectivity index (χ4n) is 1.66. The summed E-state index contributed by atoms with van der Waals surface area (Å²) in [7, 11) is 0. The van der Waals surface area contributed by atoms with E-state index in [9.17, 15) is 4.79 Å². The molecule has 1 saturated heterocycles. The second-order valence-electron chi connectivity index (χ2n) is 3.49. The van der Waals surface area contributed by atoms with Gasteiger partial charge in [-0.25, -0.2) is 4.98 Å². The Labute approximate surface area is 102 Å². The molecule has 0 N–H and O–H groups in total. The minimum absolute atomic E-state index is 0.00868. The number of rotatable bonds is 1. The van der Waals surface area contributed by atoms with Gasteiger partial charge in [-0.05, 0) is 34.8 Å². The minimum atomic E-state index is 0.00868. The second-order valence-corrected chi connectivity index (χ2v) is 4.68. The lowest BCUT2D eigenvalue weighted by Gasteiger charge is -2.15. The molecule has 1 aliphatic heterocycles. The topological polar surface area (TPSA) is 33.2 Å². The number of carbonyl (C=O) groups excluding carboxylic acids is 1. The van der Waals surface area contributed by atoms with E-state index in [1.165, 1.54) is 6.20 Å². The quantitative estimate of drug-likeness (QED) is 0.745. The summed E-state index contributed by atoms with van der Waals surface area (Å²) in [5.74, 6) is 0.00868. The summed E-state index contributed by atoms with van der Waals surface area (Å²) in [4.78, 5) is 17.9. The van der Waals surface area contributed by atoms with Crippen molar-refractivity contribution in [1.29, 1.82) is 0 Å². The van der Waals surface area contributed by atoms with Crippen LogP contribution in [0, 0.1) is 0 Å². The number of likely N-dealkylation sites (tertiary alicyclic amines) is 1. The zero-order valence-electron chi connectivity index (χ0n) is 8.04. The van der Waals surface area contributed by atoms with E-state index < -0.39 is 0 Å². The third-order valence-corrected chi connectivity index (χ3v) is 3.27. The van der Waals surface area contributed by atoms with Crippen molar-refractivity contribution in [3.8, 4) is 0 Å². The molecule has 15 heavy (non-hydrogen) atoms. The van der Waals surface area contributed by atoms with E-state index in [1.807, 2.05) is 4.90 Å². The van der Waals surface area contributed by atoms with Gasteiger partial charge in [0.15, 0.2) is 0 Å². The maximum atomic E-state index is 12.0. The molecule has 0 bridgehead atoms. The zero-order valence-corrected chi connectivity index (χ0v) is 10.4. The van der Waals surface area contributed by atoms with Gasteiger partial charge in [0.2, 0.25) is 0 Å². The maximum Gasteiger partial charge on any atom is 0.256 e. The van der Waals surface area contributed by atoms with Crippen LogP contribution in [0.2, 0.25) is 5.02 Å². The lowest BCUT2D eigenvalue weighted by molar-refractivity contribution is 0.0791. The van der Waals surface area contributed by atoms with Gasteiger partial charge in [-0.3, -0.25) is 4.79 Å². The van der Waals surface area contributed by atoms with E-state index in [1.54, 1.807) is 6.07 Å². The molecule has 5 heteroatoms. The van der Waals surface area contributed by atoms with Gasteiger partial charge < -0.3 is 4.90 Å². The second kappa shape index (κ2) is 4.49. The largest absolute Gasteiger partial charge is 0.339 e. The summed E-state index contributed by atoms with van der Waals surface area (Å²) in [5, 5.41) is 0.487. The number of carbonyl (C=O) groups is 1. The molecule has 1 amide bonds.